The van der Waals surface area contributed by atoms with E-state index in [1.807, 2.05) is 0 Å². The highest BCUT2D eigenvalue weighted by molar-refractivity contribution is 5.94. The zero-order chi connectivity index (χ0) is 28.2. The predicted octanol–water partition coefficient (Wildman–Crippen LogP) is -1.30. The molecule has 210 valence electrons. The molecule has 4 amide bonds. The van der Waals surface area contributed by atoms with Gasteiger partial charge in [0, 0.05) is 13.0 Å². The van der Waals surface area contributed by atoms with Crippen molar-refractivity contribution < 1.29 is 34.2 Å². The third-order valence-corrected chi connectivity index (χ3v) is 6.42. The van der Waals surface area contributed by atoms with Crippen LogP contribution in [0, 0.1) is 0 Å². The Morgan fingerprint density at radius 2 is 1.71 bits per heavy atom. The molecule has 0 radical (unpaired) electrons. The Balaban J connectivity index is 2.07. The number of carbonyl (C=O) groups excluding carboxylic acids is 4. The van der Waals surface area contributed by atoms with E-state index in [9.17, 15) is 34.2 Å². The van der Waals surface area contributed by atoms with Crippen LogP contribution in [0.25, 0.3) is 0 Å². The molecular formula is C25H38N6O7. The van der Waals surface area contributed by atoms with Gasteiger partial charge >= 0.3 is 5.97 Å². The zero-order valence-corrected chi connectivity index (χ0v) is 21.3. The first-order valence-electron chi connectivity index (χ1n) is 12.7. The van der Waals surface area contributed by atoms with Crippen molar-refractivity contribution in [1.82, 2.24) is 15.5 Å². The SMILES string of the molecule is NCCCCC(NC(=O)C1CCCN1C(=O)C(N)Cc1ccc(O)cc1)C(=O)NC(CCC(N)=O)C(=O)O. The summed E-state index contributed by atoms with van der Waals surface area (Å²) in [5.74, 6) is -3.60. The molecule has 1 aliphatic rings. The number of nitrogens with zero attached hydrogens (tertiary/aromatic N) is 1. The summed E-state index contributed by atoms with van der Waals surface area (Å²) in [6.07, 6.45) is 2.05. The molecule has 4 unspecified atom stereocenters. The predicted molar refractivity (Wildman–Crippen MR) is 137 cm³/mol. The van der Waals surface area contributed by atoms with Crippen molar-refractivity contribution in [3.63, 3.8) is 0 Å². The monoisotopic (exact) mass is 534 g/mol. The van der Waals surface area contributed by atoms with Gasteiger partial charge in [-0.25, -0.2) is 4.79 Å². The van der Waals surface area contributed by atoms with Gasteiger partial charge in [-0.2, -0.15) is 0 Å². The first-order valence-corrected chi connectivity index (χ1v) is 12.7. The van der Waals surface area contributed by atoms with Crippen LogP contribution in [0.15, 0.2) is 24.3 Å². The molecule has 1 aliphatic heterocycles. The molecule has 0 saturated carbocycles. The number of aliphatic carboxylic acids is 1. The number of hydrogen-bond donors (Lipinski definition) is 7. The fourth-order valence-corrected chi connectivity index (χ4v) is 4.34. The van der Waals surface area contributed by atoms with E-state index in [0.29, 0.717) is 38.8 Å². The zero-order valence-electron chi connectivity index (χ0n) is 21.3. The van der Waals surface area contributed by atoms with Gasteiger partial charge in [-0.15, -0.1) is 0 Å². The molecule has 1 saturated heterocycles. The van der Waals surface area contributed by atoms with Gasteiger partial charge in [-0.1, -0.05) is 12.1 Å². The molecule has 0 aliphatic carbocycles. The highest BCUT2D eigenvalue weighted by Crippen LogP contribution is 2.20. The Hall–Kier alpha value is -3.71. The number of carboxylic acids is 1. The Morgan fingerprint density at radius 1 is 1.03 bits per heavy atom. The largest absolute Gasteiger partial charge is 0.508 e. The highest BCUT2D eigenvalue weighted by Gasteiger charge is 2.38. The fourth-order valence-electron chi connectivity index (χ4n) is 4.34. The third-order valence-electron chi connectivity index (χ3n) is 6.42. The molecule has 0 aromatic heterocycles. The Bertz CT molecular complexity index is 987. The molecule has 1 heterocycles. The number of hydrogen-bond acceptors (Lipinski definition) is 8. The highest BCUT2D eigenvalue weighted by atomic mass is 16.4. The van der Waals surface area contributed by atoms with Gasteiger partial charge in [-0.3, -0.25) is 19.2 Å². The number of carbonyl (C=O) groups is 5. The summed E-state index contributed by atoms with van der Waals surface area (Å²) in [6, 6.07) is 2.17. The molecule has 2 rings (SSSR count). The third kappa shape index (κ3) is 9.30. The summed E-state index contributed by atoms with van der Waals surface area (Å²) < 4.78 is 0. The van der Waals surface area contributed by atoms with Gasteiger partial charge in [0.1, 0.15) is 23.9 Å². The quantitative estimate of drug-likeness (QED) is 0.132. The maximum Gasteiger partial charge on any atom is 0.326 e. The van der Waals surface area contributed by atoms with E-state index in [2.05, 4.69) is 10.6 Å². The van der Waals surface area contributed by atoms with Crippen LogP contribution < -0.4 is 27.8 Å². The summed E-state index contributed by atoms with van der Waals surface area (Å²) in [5, 5.41) is 23.9. The molecule has 0 bridgehead atoms. The normalized spacial score (nSPS) is 17.3. The number of nitrogens with two attached hydrogens (primary N) is 3. The Morgan fingerprint density at radius 3 is 2.32 bits per heavy atom. The average molecular weight is 535 g/mol. The number of nitrogens with one attached hydrogen (secondary N) is 2. The molecule has 4 atom stereocenters. The molecular weight excluding hydrogens is 496 g/mol. The molecule has 0 spiro atoms. The van der Waals surface area contributed by atoms with Crippen LogP contribution >= 0.6 is 0 Å². The minimum Gasteiger partial charge on any atom is -0.508 e. The van der Waals surface area contributed by atoms with Gasteiger partial charge in [-0.05, 0) is 69.2 Å². The number of likely N-dealkylation sites (tertiary alicyclic amines) is 1. The van der Waals surface area contributed by atoms with Gasteiger partial charge in [0.15, 0.2) is 0 Å². The smallest absolute Gasteiger partial charge is 0.326 e. The topological polar surface area (TPSA) is 231 Å². The lowest BCUT2D eigenvalue weighted by atomic mass is 10.0. The molecule has 13 nitrogen and oxygen atoms in total. The average Bonchev–Trinajstić information content (AvgIpc) is 3.36. The first kappa shape index (κ1) is 30.5. The summed E-state index contributed by atoms with van der Waals surface area (Å²) in [7, 11) is 0. The first-order chi connectivity index (χ1) is 18.0. The number of carboxylic acid groups (broad SMARTS) is 1. The van der Waals surface area contributed by atoms with Crippen molar-refractivity contribution in [2.24, 2.45) is 17.2 Å². The minimum absolute atomic E-state index is 0.0949. The lowest BCUT2D eigenvalue weighted by Gasteiger charge is -2.28. The van der Waals surface area contributed by atoms with E-state index in [4.69, 9.17) is 17.2 Å². The maximum absolute atomic E-state index is 13.2. The van der Waals surface area contributed by atoms with Crippen molar-refractivity contribution in [2.45, 2.75) is 75.5 Å². The Labute approximate surface area is 221 Å². The van der Waals surface area contributed by atoms with Crippen molar-refractivity contribution in [3.8, 4) is 5.75 Å². The second kappa shape index (κ2) is 14.9. The van der Waals surface area contributed by atoms with E-state index in [0.717, 1.165) is 5.56 Å². The van der Waals surface area contributed by atoms with Gasteiger partial charge in [0.05, 0.1) is 6.04 Å². The van der Waals surface area contributed by atoms with Crippen molar-refractivity contribution in [2.75, 3.05) is 13.1 Å². The number of aromatic hydroxyl groups is 1. The molecule has 1 aromatic rings. The lowest BCUT2D eigenvalue weighted by molar-refractivity contribution is -0.143. The van der Waals surface area contributed by atoms with E-state index in [1.54, 1.807) is 12.1 Å². The van der Waals surface area contributed by atoms with E-state index < -0.39 is 53.8 Å². The van der Waals surface area contributed by atoms with Crippen LogP contribution in [-0.4, -0.2) is 82.0 Å². The van der Waals surface area contributed by atoms with Gasteiger partial charge < -0.3 is 42.9 Å². The van der Waals surface area contributed by atoms with Crippen LogP contribution in [0.1, 0.15) is 50.5 Å². The summed E-state index contributed by atoms with van der Waals surface area (Å²) in [5.41, 5.74) is 17.5. The number of phenolic OH excluding ortho intramolecular Hbond substituents is 1. The second-order valence-electron chi connectivity index (χ2n) is 9.42. The standard InChI is InChI=1S/C25H38N6O7/c26-12-2-1-4-18(22(34)30-19(25(37)38)10-11-21(28)33)29-23(35)20-5-3-13-31(20)24(36)17(27)14-15-6-8-16(32)9-7-15/h6-9,17-20,32H,1-5,10-14,26-27H2,(H2,28,33)(H,29,35)(H,30,34)(H,37,38). The molecule has 13 heteroatoms. The maximum atomic E-state index is 13.2. The summed E-state index contributed by atoms with van der Waals surface area (Å²) in [4.78, 5) is 63.2. The van der Waals surface area contributed by atoms with E-state index >= 15 is 0 Å². The van der Waals surface area contributed by atoms with Crippen molar-refractivity contribution in [1.29, 1.82) is 0 Å². The van der Waals surface area contributed by atoms with E-state index in [1.165, 1.54) is 17.0 Å². The number of benzene rings is 1. The van der Waals surface area contributed by atoms with Crippen molar-refractivity contribution in [3.05, 3.63) is 29.8 Å². The van der Waals surface area contributed by atoms with Crippen LogP contribution in [0.5, 0.6) is 5.75 Å². The fraction of sp³-hybridized carbons (Fsp3) is 0.560. The van der Waals surface area contributed by atoms with Crippen LogP contribution in [-0.2, 0) is 30.4 Å². The van der Waals surface area contributed by atoms with E-state index in [-0.39, 0.29) is 31.4 Å². The molecule has 1 aromatic carbocycles. The van der Waals surface area contributed by atoms with Crippen LogP contribution in [0.4, 0.5) is 0 Å². The molecule has 38 heavy (non-hydrogen) atoms. The molecule has 1 fully saturated rings. The number of primary amides is 1. The van der Waals surface area contributed by atoms with Crippen molar-refractivity contribution >= 4 is 29.6 Å². The van der Waals surface area contributed by atoms with Crippen LogP contribution in [0.3, 0.4) is 0 Å². The summed E-state index contributed by atoms with van der Waals surface area (Å²) in [6.45, 7) is 0.709. The lowest BCUT2D eigenvalue weighted by Crippen LogP contribution is -2.56. The minimum atomic E-state index is -1.36. The van der Waals surface area contributed by atoms with Crippen LogP contribution in [0.2, 0.25) is 0 Å². The number of unbranched alkanes of at least 4 members (excludes halogenated alkanes) is 1. The number of amides is 4. The Kier molecular flexibility index (Phi) is 12.0. The number of phenols is 1. The summed E-state index contributed by atoms with van der Waals surface area (Å²) >= 11 is 0. The second-order valence-corrected chi connectivity index (χ2v) is 9.42. The molecule has 10 N–H and O–H groups in total. The number of rotatable bonds is 15. The van der Waals surface area contributed by atoms with Gasteiger partial charge in [0.25, 0.3) is 0 Å². The van der Waals surface area contributed by atoms with Gasteiger partial charge in [0.2, 0.25) is 23.6 Å².